The van der Waals surface area contributed by atoms with E-state index in [1.165, 1.54) is 0 Å². The van der Waals surface area contributed by atoms with Crippen molar-refractivity contribution >= 4 is 38.9 Å². The zero-order valence-electron chi connectivity index (χ0n) is 11.8. The fourth-order valence-electron chi connectivity index (χ4n) is 2.02. The van der Waals surface area contributed by atoms with Crippen LogP contribution in [-0.2, 0) is 11.2 Å². The maximum atomic E-state index is 12.1. The minimum Gasteiger partial charge on any atom is -0.355 e. The molecule has 2 aromatic heterocycles. The number of amides is 1. The van der Waals surface area contributed by atoms with Gasteiger partial charge in [0.1, 0.15) is 0 Å². The molecule has 0 spiro atoms. The molecule has 0 atom stereocenters. The van der Waals surface area contributed by atoms with E-state index in [0.29, 0.717) is 11.5 Å². The van der Waals surface area contributed by atoms with Crippen molar-refractivity contribution in [3.05, 3.63) is 57.5 Å². The van der Waals surface area contributed by atoms with Gasteiger partial charge in [-0.1, -0.05) is 27.2 Å². The Morgan fingerprint density at radius 2 is 2.23 bits per heavy atom. The van der Waals surface area contributed by atoms with E-state index >= 15 is 0 Å². The van der Waals surface area contributed by atoms with Crippen molar-refractivity contribution in [2.75, 3.05) is 5.32 Å². The Bertz CT molecular complexity index is 796. The molecule has 1 amide bonds. The van der Waals surface area contributed by atoms with E-state index in [9.17, 15) is 4.79 Å². The molecule has 0 radical (unpaired) electrons. The first-order valence-corrected chi connectivity index (χ1v) is 8.34. The summed E-state index contributed by atoms with van der Waals surface area (Å²) in [6, 6.07) is 11.4. The zero-order chi connectivity index (χ0) is 15.5. The summed E-state index contributed by atoms with van der Waals surface area (Å²) in [5, 5.41) is 8.78. The molecule has 22 heavy (non-hydrogen) atoms. The molecule has 2 heterocycles. The van der Waals surface area contributed by atoms with Gasteiger partial charge in [-0.05, 0) is 42.1 Å². The molecule has 1 aromatic carbocycles. The summed E-state index contributed by atoms with van der Waals surface area (Å²) in [4.78, 5) is 13.1. The zero-order valence-corrected chi connectivity index (χ0v) is 14.2. The van der Waals surface area contributed by atoms with Crippen LogP contribution < -0.4 is 5.32 Å². The molecule has 0 bridgehead atoms. The van der Waals surface area contributed by atoms with Gasteiger partial charge in [0, 0.05) is 16.2 Å². The van der Waals surface area contributed by atoms with Gasteiger partial charge in [0.25, 0.3) is 0 Å². The number of thiophene rings is 1. The van der Waals surface area contributed by atoms with Gasteiger partial charge >= 0.3 is 0 Å². The smallest absolute Gasteiger partial charge is 0.230 e. The molecule has 0 aliphatic carbocycles. The normalized spacial score (nSPS) is 10.6. The number of halogens is 1. The minimum atomic E-state index is -0.118. The number of aromatic nitrogens is 1. The van der Waals surface area contributed by atoms with Gasteiger partial charge in [0.05, 0.1) is 17.0 Å². The summed E-state index contributed by atoms with van der Waals surface area (Å²) in [5.74, 6) is 0.574. The highest BCUT2D eigenvalue weighted by molar-refractivity contribution is 9.10. The van der Waals surface area contributed by atoms with E-state index in [-0.39, 0.29) is 12.3 Å². The highest BCUT2D eigenvalue weighted by atomic mass is 79.9. The lowest BCUT2D eigenvalue weighted by molar-refractivity contribution is -0.115. The first kappa shape index (κ1) is 15.0. The average molecular weight is 377 g/mol. The number of hydrogen-bond acceptors (Lipinski definition) is 4. The monoisotopic (exact) mass is 376 g/mol. The average Bonchev–Trinajstić information content (AvgIpc) is 3.13. The number of anilines is 1. The van der Waals surface area contributed by atoms with Crippen LogP contribution in [0.15, 0.2) is 50.8 Å². The quantitative estimate of drug-likeness (QED) is 0.720. The maximum Gasteiger partial charge on any atom is 0.230 e. The Balaban J connectivity index is 1.65. The molecule has 112 valence electrons. The fraction of sp³-hybridized carbons (Fsp3) is 0.125. The molecule has 0 aliphatic rings. The number of aryl methyl sites for hydroxylation is 1. The summed E-state index contributed by atoms with van der Waals surface area (Å²) in [7, 11) is 0. The topological polar surface area (TPSA) is 55.1 Å². The van der Waals surface area contributed by atoms with Crippen LogP contribution in [0.25, 0.3) is 10.6 Å². The molecule has 4 nitrogen and oxygen atoms in total. The molecule has 0 saturated heterocycles. The van der Waals surface area contributed by atoms with Gasteiger partial charge in [0.2, 0.25) is 5.91 Å². The van der Waals surface area contributed by atoms with E-state index in [0.717, 1.165) is 20.6 Å². The van der Waals surface area contributed by atoms with Gasteiger partial charge in [0.15, 0.2) is 5.76 Å². The number of rotatable bonds is 4. The number of carbonyl (C=O) groups is 1. The van der Waals surface area contributed by atoms with Gasteiger partial charge in [-0.3, -0.25) is 4.79 Å². The number of carbonyl (C=O) groups excluding carboxylic acids is 1. The molecule has 6 heteroatoms. The van der Waals surface area contributed by atoms with Crippen molar-refractivity contribution in [2.24, 2.45) is 0 Å². The summed E-state index contributed by atoms with van der Waals surface area (Å²) < 4.78 is 6.29. The van der Waals surface area contributed by atoms with Crippen molar-refractivity contribution in [1.82, 2.24) is 5.16 Å². The highest BCUT2D eigenvalue weighted by Gasteiger charge is 2.11. The second-order valence-corrected chi connectivity index (χ2v) is 6.65. The van der Waals surface area contributed by atoms with Gasteiger partial charge < -0.3 is 9.84 Å². The lowest BCUT2D eigenvalue weighted by Crippen LogP contribution is -2.14. The van der Waals surface area contributed by atoms with E-state index in [4.69, 9.17) is 4.52 Å². The first-order valence-electron chi connectivity index (χ1n) is 6.67. The summed E-state index contributed by atoms with van der Waals surface area (Å²) >= 11 is 5.01. The van der Waals surface area contributed by atoms with Crippen LogP contribution in [0.4, 0.5) is 5.69 Å². The lowest BCUT2D eigenvalue weighted by atomic mass is 10.2. The van der Waals surface area contributed by atoms with E-state index in [2.05, 4.69) is 26.4 Å². The standard InChI is InChI=1S/C16H13BrN2O2S/c1-10-7-11(4-5-13(10)17)18-16(20)9-12-8-14(21-19-12)15-3-2-6-22-15/h2-8H,9H2,1H3,(H,18,20). The molecular formula is C16H13BrN2O2S. The van der Waals surface area contributed by atoms with Crippen LogP contribution in [0.2, 0.25) is 0 Å². The van der Waals surface area contributed by atoms with Crippen molar-refractivity contribution in [1.29, 1.82) is 0 Å². The second kappa shape index (κ2) is 6.46. The van der Waals surface area contributed by atoms with E-state index in [1.54, 1.807) is 17.4 Å². The van der Waals surface area contributed by atoms with Crippen LogP contribution in [0.3, 0.4) is 0 Å². The molecule has 3 aromatic rings. The first-order chi connectivity index (χ1) is 10.6. The van der Waals surface area contributed by atoms with E-state index < -0.39 is 0 Å². The van der Waals surface area contributed by atoms with Crippen LogP contribution in [-0.4, -0.2) is 11.1 Å². The molecular weight excluding hydrogens is 364 g/mol. The predicted molar refractivity (Wildman–Crippen MR) is 91.0 cm³/mol. The molecule has 1 N–H and O–H groups in total. The Morgan fingerprint density at radius 3 is 2.95 bits per heavy atom. The Kier molecular flexibility index (Phi) is 4.40. The molecule has 3 rings (SSSR count). The van der Waals surface area contributed by atoms with Crippen LogP contribution in [0, 0.1) is 6.92 Å². The van der Waals surface area contributed by atoms with E-state index in [1.807, 2.05) is 42.6 Å². The number of hydrogen-bond donors (Lipinski definition) is 1. The van der Waals surface area contributed by atoms with Crippen molar-refractivity contribution in [3.8, 4) is 10.6 Å². The minimum absolute atomic E-state index is 0.118. The maximum absolute atomic E-state index is 12.1. The third kappa shape index (κ3) is 3.45. The number of benzene rings is 1. The molecule has 0 saturated carbocycles. The summed E-state index contributed by atoms with van der Waals surface area (Å²) in [5.41, 5.74) is 2.46. The van der Waals surface area contributed by atoms with Crippen molar-refractivity contribution in [2.45, 2.75) is 13.3 Å². The molecule has 0 fully saturated rings. The van der Waals surface area contributed by atoms with Crippen LogP contribution in [0.1, 0.15) is 11.3 Å². The van der Waals surface area contributed by atoms with Crippen molar-refractivity contribution < 1.29 is 9.32 Å². The SMILES string of the molecule is Cc1cc(NC(=O)Cc2cc(-c3cccs3)on2)ccc1Br. The predicted octanol–water partition coefficient (Wildman–Crippen LogP) is 4.66. The molecule has 0 unspecified atom stereocenters. The van der Waals surface area contributed by atoms with Gasteiger partial charge in [-0.2, -0.15) is 0 Å². The largest absolute Gasteiger partial charge is 0.355 e. The third-order valence-electron chi connectivity index (χ3n) is 3.11. The molecule has 0 aliphatic heterocycles. The van der Waals surface area contributed by atoms with Crippen LogP contribution >= 0.6 is 27.3 Å². The Morgan fingerprint density at radius 1 is 1.36 bits per heavy atom. The number of nitrogens with zero attached hydrogens (tertiary/aromatic N) is 1. The lowest BCUT2D eigenvalue weighted by Gasteiger charge is -2.05. The summed E-state index contributed by atoms with van der Waals surface area (Å²) in [6.45, 7) is 1.98. The number of nitrogens with one attached hydrogen (secondary N) is 1. The third-order valence-corrected chi connectivity index (χ3v) is 4.88. The Hall–Kier alpha value is -1.92. The van der Waals surface area contributed by atoms with Crippen LogP contribution in [0.5, 0.6) is 0 Å². The summed E-state index contributed by atoms with van der Waals surface area (Å²) in [6.07, 6.45) is 0.185. The van der Waals surface area contributed by atoms with Gasteiger partial charge in [-0.15, -0.1) is 11.3 Å². The highest BCUT2D eigenvalue weighted by Crippen LogP contribution is 2.25. The second-order valence-electron chi connectivity index (χ2n) is 4.85. The fourth-order valence-corrected chi connectivity index (χ4v) is 2.94. The van der Waals surface area contributed by atoms with Crippen molar-refractivity contribution in [3.63, 3.8) is 0 Å². The van der Waals surface area contributed by atoms with Gasteiger partial charge in [-0.25, -0.2) is 0 Å². The Labute approximate surface area is 140 Å².